The van der Waals surface area contributed by atoms with Crippen molar-refractivity contribution in [2.75, 3.05) is 32.1 Å². The molecule has 2 N–H and O–H groups in total. The van der Waals surface area contributed by atoms with Crippen LogP contribution < -0.4 is 9.64 Å². The maximum absolute atomic E-state index is 9.55. The molecule has 0 radical (unpaired) electrons. The van der Waals surface area contributed by atoms with Gasteiger partial charge >= 0.3 is 11.9 Å². The van der Waals surface area contributed by atoms with Gasteiger partial charge in [-0.05, 0) is 50.6 Å². The number of carboxylic acids is 2. The van der Waals surface area contributed by atoms with E-state index in [0.29, 0.717) is 18.2 Å². The summed E-state index contributed by atoms with van der Waals surface area (Å²) in [5, 5.41) is 15.6. The number of rotatable bonds is 5. The Kier molecular flexibility index (Phi) is 7.83. The molecule has 32 heavy (non-hydrogen) atoms. The molecule has 1 aromatic carbocycles. The third kappa shape index (κ3) is 5.85. The molecule has 2 aliphatic rings. The maximum Gasteiger partial charge on any atom is 0.328 e. The second-order valence-corrected chi connectivity index (χ2v) is 7.90. The summed E-state index contributed by atoms with van der Waals surface area (Å²) in [4.78, 5) is 28.9. The van der Waals surface area contributed by atoms with Gasteiger partial charge in [-0.1, -0.05) is 12.1 Å². The molecule has 2 atom stereocenters. The maximum atomic E-state index is 9.55. The number of fused-ring (bicyclic) bond motifs is 2. The highest BCUT2D eigenvalue weighted by Gasteiger charge is 2.34. The van der Waals surface area contributed by atoms with Crippen LogP contribution in [0.5, 0.6) is 5.75 Å². The molecule has 4 rings (SSSR count). The van der Waals surface area contributed by atoms with Crippen molar-refractivity contribution in [1.29, 1.82) is 0 Å². The first-order valence-corrected chi connectivity index (χ1v) is 10.6. The van der Waals surface area contributed by atoms with Gasteiger partial charge in [0, 0.05) is 42.9 Å². The number of anilines is 1. The fourth-order valence-electron chi connectivity index (χ4n) is 4.27. The highest BCUT2D eigenvalue weighted by molar-refractivity contribution is 5.89. The summed E-state index contributed by atoms with van der Waals surface area (Å²) in [6.07, 6.45) is 7.07. The van der Waals surface area contributed by atoms with Gasteiger partial charge in [0.15, 0.2) is 0 Å². The first-order chi connectivity index (χ1) is 15.4. The van der Waals surface area contributed by atoms with Crippen molar-refractivity contribution in [1.82, 2.24) is 9.88 Å². The second kappa shape index (κ2) is 10.8. The first-order valence-electron chi connectivity index (χ1n) is 10.6. The van der Waals surface area contributed by atoms with Crippen LogP contribution in [0.4, 0.5) is 5.69 Å². The topological polar surface area (TPSA) is 103 Å². The predicted octanol–water partition coefficient (Wildman–Crippen LogP) is 3.14. The van der Waals surface area contributed by atoms with Gasteiger partial charge in [-0.3, -0.25) is 9.88 Å². The van der Waals surface area contributed by atoms with Crippen LogP contribution in [0.25, 0.3) is 11.3 Å². The fraction of sp³-hybridized carbons (Fsp3) is 0.375. The molecule has 2 fully saturated rings. The Morgan fingerprint density at radius 3 is 2.34 bits per heavy atom. The van der Waals surface area contributed by atoms with Gasteiger partial charge in [0.1, 0.15) is 5.75 Å². The minimum atomic E-state index is -1.26. The lowest BCUT2D eigenvalue weighted by molar-refractivity contribution is -0.134. The van der Waals surface area contributed by atoms with E-state index in [4.69, 9.17) is 19.9 Å². The van der Waals surface area contributed by atoms with Crippen LogP contribution in [0.15, 0.2) is 54.7 Å². The van der Waals surface area contributed by atoms with Crippen LogP contribution in [-0.2, 0) is 9.59 Å². The van der Waals surface area contributed by atoms with Crippen LogP contribution in [0, 0.1) is 0 Å². The zero-order chi connectivity index (χ0) is 23.1. The lowest BCUT2D eigenvalue weighted by atomic mass is 10.1. The van der Waals surface area contributed by atoms with E-state index in [9.17, 15) is 9.59 Å². The van der Waals surface area contributed by atoms with Gasteiger partial charge in [0.25, 0.3) is 0 Å². The number of methoxy groups -OCH3 is 1. The van der Waals surface area contributed by atoms with Gasteiger partial charge in [-0.2, -0.15) is 0 Å². The summed E-state index contributed by atoms with van der Waals surface area (Å²) in [6, 6.07) is 13.8. The number of likely N-dealkylation sites (N-methyl/N-ethyl adjacent to an activating group) is 1. The largest absolute Gasteiger partial charge is 0.496 e. The zero-order valence-electron chi connectivity index (χ0n) is 18.3. The van der Waals surface area contributed by atoms with Crippen molar-refractivity contribution >= 4 is 17.6 Å². The number of carboxylic acid groups (broad SMARTS) is 2. The minimum absolute atomic E-state index is 0.558. The van der Waals surface area contributed by atoms with Crippen LogP contribution in [-0.4, -0.2) is 71.4 Å². The summed E-state index contributed by atoms with van der Waals surface area (Å²) < 4.78 is 5.45. The summed E-state index contributed by atoms with van der Waals surface area (Å²) in [7, 11) is 3.99. The molecule has 0 spiro atoms. The van der Waals surface area contributed by atoms with Crippen molar-refractivity contribution < 1.29 is 24.5 Å². The average Bonchev–Trinajstić information content (AvgIpc) is 3.04. The number of pyridine rings is 1. The molecule has 8 nitrogen and oxygen atoms in total. The standard InChI is InChI=1S/C20H25N3O.C4H4O4/c1-22-15-7-8-17(22)14-23(12-11-15)16-9-10-19(21-13-16)18-5-3-4-6-20(18)24-2;5-3(6)1-2-4(7)8/h3-6,9-10,13,15,17H,7-8,11-12,14H2,1-2H3;1-2H,(H,5,6)(H,7,8)/b;2-1+. The summed E-state index contributed by atoms with van der Waals surface area (Å²) in [6.45, 7) is 2.24. The summed E-state index contributed by atoms with van der Waals surface area (Å²) >= 11 is 0. The molecule has 2 aromatic rings. The zero-order valence-corrected chi connectivity index (χ0v) is 18.3. The molecule has 2 aliphatic heterocycles. The number of ether oxygens (including phenoxy) is 1. The van der Waals surface area contributed by atoms with Gasteiger partial charge in [-0.15, -0.1) is 0 Å². The van der Waals surface area contributed by atoms with Crippen LogP contribution in [0.2, 0.25) is 0 Å². The molecule has 1 aromatic heterocycles. The lowest BCUT2D eigenvalue weighted by Gasteiger charge is -2.27. The second-order valence-electron chi connectivity index (χ2n) is 7.90. The Morgan fingerprint density at radius 2 is 1.72 bits per heavy atom. The third-order valence-electron chi connectivity index (χ3n) is 6.01. The Balaban J connectivity index is 0.000000312. The number of nitrogens with zero attached hydrogens (tertiary/aromatic N) is 3. The van der Waals surface area contributed by atoms with E-state index in [2.05, 4.69) is 35.0 Å². The summed E-state index contributed by atoms with van der Waals surface area (Å²) in [5.41, 5.74) is 3.24. The van der Waals surface area contributed by atoms with E-state index >= 15 is 0 Å². The van der Waals surface area contributed by atoms with Gasteiger partial charge in [0.05, 0.1) is 24.7 Å². The predicted molar refractivity (Wildman–Crippen MR) is 122 cm³/mol. The Bertz CT molecular complexity index is 944. The number of para-hydroxylation sites is 1. The molecule has 2 saturated heterocycles. The van der Waals surface area contributed by atoms with Gasteiger partial charge in [-0.25, -0.2) is 9.59 Å². The smallest absolute Gasteiger partial charge is 0.328 e. The Hall–Kier alpha value is -3.39. The van der Waals surface area contributed by atoms with Crippen LogP contribution in [0.3, 0.4) is 0 Å². The van der Waals surface area contributed by atoms with E-state index in [1.54, 1.807) is 7.11 Å². The highest BCUT2D eigenvalue weighted by Crippen LogP contribution is 2.32. The quantitative estimate of drug-likeness (QED) is 0.685. The third-order valence-corrected chi connectivity index (χ3v) is 6.01. The van der Waals surface area contributed by atoms with Gasteiger partial charge < -0.3 is 19.8 Å². The van der Waals surface area contributed by atoms with Crippen molar-refractivity contribution in [2.45, 2.75) is 31.3 Å². The van der Waals surface area contributed by atoms with Crippen LogP contribution >= 0.6 is 0 Å². The fourth-order valence-corrected chi connectivity index (χ4v) is 4.27. The first kappa shape index (κ1) is 23.3. The number of aliphatic carboxylic acids is 2. The number of aromatic nitrogens is 1. The number of benzene rings is 1. The SMILES string of the molecule is COc1ccccc1-c1ccc(N2CCC3CCC(C2)N3C)cn1.O=C(O)/C=C/C(=O)O. The lowest BCUT2D eigenvalue weighted by Crippen LogP contribution is -2.36. The summed E-state index contributed by atoms with van der Waals surface area (Å²) in [5.74, 6) is -1.65. The Labute approximate surface area is 187 Å². The normalized spacial score (nSPS) is 20.4. The molecule has 2 bridgehead atoms. The van der Waals surface area contributed by atoms with Gasteiger partial charge in [0.2, 0.25) is 0 Å². The van der Waals surface area contributed by atoms with Crippen molar-refractivity contribution in [2.24, 2.45) is 0 Å². The van der Waals surface area contributed by atoms with Crippen molar-refractivity contribution in [3.63, 3.8) is 0 Å². The molecule has 170 valence electrons. The van der Waals surface area contributed by atoms with Crippen molar-refractivity contribution in [3.05, 3.63) is 54.7 Å². The molecule has 2 unspecified atom stereocenters. The number of hydrogen-bond donors (Lipinski definition) is 2. The number of hydrogen-bond acceptors (Lipinski definition) is 6. The molecule has 8 heteroatoms. The van der Waals surface area contributed by atoms with E-state index in [1.807, 2.05) is 24.4 Å². The number of carbonyl (C=O) groups is 2. The molecule has 0 aliphatic carbocycles. The molecular formula is C24H29N3O5. The Morgan fingerprint density at radius 1 is 1.03 bits per heavy atom. The minimum Gasteiger partial charge on any atom is -0.496 e. The molecule has 3 heterocycles. The molecular weight excluding hydrogens is 410 g/mol. The van der Waals surface area contributed by atoms with E-state index in [0.717, 1.165) is 36.1 Å². The molecule has 0 amide bonds. The average molecular weight is 440 g/mol. The van der Waals surface area contributed by atoms with E-state index in [1.165, 1.54) is 24.9 Å². The monoisotopic (exact) mass is 439 g/mol. The van der Waals surface area contributed by atoms with Crippen LogP contribution in [0.1, 0.15) is 19.3 Å². The molecule has 0 saturated carbocycles. The van der Waals surface area contributed by atoms with Crippen molar-refractivity contribution in [3.8, 4) is 17.0 Å². The highest BCUT2D eigenvalue weighted by atomic mass is 16.5. The van der Waals surface area contributed by atoms with E-state index in [-0.39, 0.29) is 0 Å². The van der Waals surface area contributed by atoms with E-state index < -0.39 is 11.9 Å².